The van der Waals surface area contributed by atoms with Gasteiger partial charge in [0.25, 0.3) is 0 Å². The number of Topliss-reactive ketones (excluding diaryl/α,β-unsaturated/α-hetero) is 2. The van der Waals surface area contributed by atoms with E-state index in [1.54, 1.807) is 0 Å². The summed E-state index contributed by atoms with van der Waals surface area (Å²) in [7, 11) is 0. The molecule has 0 aliphatic rings. The average Bonchev–Trinajstić information content (AvgIpc) is 2.77. The molecule has 30 heavy (non-hydrogen) atoms. The lowest BCUT2D eigenvalue weighted by Gasteiger charge is -2.12. The van der Waals surface area contributed by atoms with E-state index < -0.39 is 24.0 Å². The standard InChI is InChI=1S/C20H28N2O8/c21-15(5-1-3-7-17(23)29-27)19(25)13-9-11-14(12-10-13)20(26)16(22)6-2-4-8-18(24)30-28/h9-12,15-16,27-28H,1-8,21-22H2. The van der Waals surface area contributed by atoms with Crippen LogP contribution in [-0.4, -0.2) is 46.1 Å². The van der Waals surface area contributed by atoms with E-state index in [9.17, 15) is 19.2 Å². The Morgan fingerprint density at radius 2 is 1.03 bits per heavy atom. The minimum Gasteiger partial charge on any atom is -0.321 e. The summed E-state index contributed by atoms with van der Waals surface area (Å²) in [6.07, 6.45) is 2.73. The van der Waals surface area contributed by atoms with Gasteiger partial charge in [-0.25, -0.2) is 9.59 Å². The maximum atomic E-state index is 12.4. The second-order valence-corrected chi connectivity index (χ2v) is 6.94. The van der Waals surface area contributed by atoms with Gasteiger partial charge in [0.1, 0.15) is 0 Å². The first-order valence-electron chi connectivity index (χ1n) is 9.68. The molecule has 10 heteroatoms. The monoisotopic (exact) mass is 424 g/mol. The highest BCUT2D eigenvalue weighted by molar-refractivity contribution is 6.03. The van der Waals surface area contributed by atoms with Gasteiger partial charge in [-0.3, -0.25) is 9.59 Å². The Kier molecular flexibility index (Phi) is 11.5. The van der Waals surface area contributed by atoms with E-state index in [0.29, 0.717) is 49.7 Å². The first-order chi connectivity index (χ1) is 14.3. The highest BCUT2D eigenvalue weighted by Gasteiger charge is 2.19. The molecule has 2 unspecified atom stereocenters. The summed E-state index contributed by atoms with van der Waals surface area (Å²) in [5, 5.41) is 16.3. The van der Waals surface area contributed by atoms with Crippen molar-refractivity contribution in [1.29, 1.82) is 0 Å². The van der Waals surface area contributed by atoms with E-state index in [4.69, 9.17) is 22.0 Å². The van der Waals surface area contributed by atoms with E-state index in [-0.39, 0.29) is 24.4 Å². The van der Waals surface area contributed by atoms with Crippen molar-refractivity contribution in [2.24, 2.45) is 11.5 Å². The molecule has 1 aromatic carbocycles. The van der Waals surface area contributed by atoms with Crippen LogP contribution in [0.1, 0.15) is 72.1 Å². The molecule has 0 saturated heterocycles. The topological polar surface area (TPSA) is 179 Å². The molecule has 0 saturated carbocycles. The van der Waals surface area contributed by atoms with Crippen LogP contribution in [0.5, 0.6) is 0 Å². The number of hydrogen-bond donors (Lipinski definition) is 4. The number of nitrogens with two attached hydrogens (primary N) is 2. The second kappa shape index (κ2) is 13.5. The van der Waals surface area contributed by atoms with Crippen molar-refractivity contribution in [3.8, 4) is 0 Å². The van der Waals surface area contributed by atoms with Crippen LogP contribution in [0.2, 0.25) is 0 Å². The van der Waals surface area contributed by atoms with Gasteiger partial charge >= 0.3 is 11.9 Å². The molecule has 6 N–H and O–H groups in total. The molecular formula is C20H28N2O8. The molecule has 166 valence electrons. The Bertz CT molecular complexity index is 659. The van der Waals surface area contributed by atoms with Gasteiger partial charge in [0.2, 0.25) is 0 Å². The van der Waals surface area contributed by atoms with Gasteiger partial charge < -0.3 is 21.2 Å². The van der Waals surface area contributed by atoms with Crippen LogP contribution in [0, 0.1) is 0 Å². The SMILES string of the molecule is NC(CCCCC(=O)OO)C(=O)c1ccc(C(=O)C(N)CCCCC(=O)OO)cc1. The third-order valence-corrected chi connectivity index (χ3v) is 4.62. The molecule has 0 aliphatic heterocycles. The lowest BCUT2D eigenvalue weighted by atomic mass is 9.96. The van der Waals surface area contributed by atoms with Gasteiger partial charge in [-0.2, -0.15) is 10.5 Å². The van der Waals surface area contributed by atoms with Gasteiger partial charge in [-0.05, 0) is 25.7 Å². The predicted octanol–water partition coefficient (Wildman–Crippen LogP) is 1.86. The summed E-state index contributed by atoms with van der Waals surface area (Å²) in [6, 6.07) is 4.57. The molecule has 0 heterocycles. The first kappa shape index (κ1) is 25.4. The molecule has 0 aromatic heterocycles. The molecule has 0 fully saturated rings. The summed E-state index contributed by atoms with van der Waals surface area (Å²) >= 11 is 0. The molecule has 0 amide bonds. The number of unbranched alkanes of at least 4 members (excludes halogenated alkanes) is 2. The van der Waals surface area contributed by atoms with E-state index in [1.165, 1.54) is 24.3 Å². The Morgan fingerprint density at radius 3 is 1.33 bits per heavy atom. The molecule has 1 aromatic rings. The minimum atomic E-state index is -0.746. The third-order valence-electron chi connectivity index (χ3n) is 4.62. The molecule has 10 nitrogen and oxygen atoms in total. The van der Waals surface area contributed by atoms with E-state index >= 15 is 0 Å². The Morgan fingerprint density at radius 1 is 0.700 bits per heavy atom. The maximum absolute atomic E-state index is 12.4. The van der Waals surface area contributed by atoms with Crippen LogP contribution < -0.4 is 11.5 Å². The number of carbonyl (C=O) groups is 4. The van der Waals surface area contributed by atoms with Crippen LogP contribution in [0.15, 0.2) is 24.3 Å². The highest BCUT2D eigenvalue weighted by Crippen LogP contribution is 2.13. The van der Waals surface area contributed by atoms with Gasteiger partial charge in [0, 0.05) is 24.0 Å². The van der Waals surface area contributed by atoms with Crippen LogP contribution in [0.25, 0.3) is 0 Å². The van der Waals surface area contributed by atoms with Gasteiger partial charge in [-0.15, -0.1) is 0 Å². The summed E-state index contributed by atoms with van der Waals surface area (Å²) in [5.41, 5.74) is 12.5. The summed E-state index contributed by atoms with van der Waals surface area (Å²) in [6.45, 7) is 0. The second-order valence-electron chi connectivity index (χ2n) is 6.94. The Labute approximate surface area is 174 Å². The number of benzene rings is 1. The van der Waals surface area contributed by atoms with Crippen LogP contribution in [-0.2, 0) is 19.4 Å². The van der Waals surface area contributed by atoms with Crippen molar-refractivity contribution in [2.75, 3.05) is 0 Å². The van der Waals surface area contributed by atoms with Crippen molar-refractivity contribution in [3.05, 3.63) is 35.4 Å². The van der Waals surface area contributed by atoms with E-state index in [2.05, 4.69) is 9.78 Å². The quantitative estimate of drug-likeness (QED) is 0.149. The van der Waals surface area contributed by atoms with Crippen LogP contribution >= 0.6 is 0 Å². The maximum Gasteiger partial charge on any atom is 0.342 e. The number of carbonyl (C=O) groups excluding carboxylic acids is 4. The smallest absolute Gasteiger partial charge is 0.321 e. The molecule has 0 radical (unpaired) electrons. The normalized spacial score (nSPS) is 12.7. The van der Waals surface area contributed by atoms with Gasteiger partial charge in [0.05, 0.1) is 12.1 Å². The zero-order valence-corrected chi connectivity index (χ0v) is 16.6. The zero-order valence-electron chi connectivity index (χ0n) is 16.6. The molecule has 0 spiro atoms. The fraction of sp³-hybridized carbons (Fsp3) is 0.500. The zero-order chi connectivity index (χ0) is 22.5. The van der Waals surface area contributed by atoms with Crippen molar-refractivity contribution in [1.82, 2.24) is 0 Å². The minimum absolute atomic E-state index is 0.0417. The number of hydrogen-bond acceptors (Lipinski definition) is 10. The van der Waals surface area contributed by atoms with E-state index in [0.717, 1.165) is 0 Å². The molecule has 2 atom stereocenters. The molecule has 0 aliphatic carbocycles. The molecule has 0 bridgehead atoms. The van der Waals surface area contributed by atoms with Crippen molar-refractivity contribution in [2.45, 2.75) is 63.5 Å². The van der Waals surface area contributed by atoms with E-state index in [1.807, 2.05) is 0 Å². The Hall–Kier alpha value is -2.66. The fourth-order valence-corrected chi connectivity index (χ4v) is 2.85. The van der Waals surface area contributed by atoms with Crippen molar-refractivity contribution < 1.29 is 39.5 Å². The molecular weight excluding hydrogens is 396 g/mol. The number of ketones is 2. The molecule has 1 rings (SSSR count). The average molecular weight is 424 g/mol. The highest BCUT2D eigenvalue weighted by atomic mass is 17.1. The number of rotatable bonds is 14. The lowest BCUT2D eigenvalue weighted by Crippen LogP contribution is -2.31. The Balaban J connectivity index is 2.48. The summed E-state index contributed by atoms with van der Waals surface area (Å²) in [4.78, 5) is 53.5. The van der Waals surface area contributed by atoms with Crippen molar-refractivity contribution in [3.63, 3.8) is 0 Å². The van der Waals surface area contributed by atoms with Crippen molar-refractivity contribution >= 4 is 23.5 Å². The van der Waals surface area contributed by atoms with Crippen LogP contribution in [0.3, 0.4) is 0 Å². The predicted molar refractivity (Wildman–Crippen MR) is 105 cm³/mol. The third kappa shape index (κ3) is 8.78. The lowest BCUT2D eigenvalue weighted by molar-refractivity contribution is -0.234. The van der Waals surface area contributed by atoms with Gasteiger partial charge in [0.15, 0.2) is 11.6 Å². The van der Waals surface area contributed by atoms with Gasteiger partial charge in [-0.1, -0.05) is 37.1 Å². The summed E-state index contributed by atoms with van der Waals surface area (Å²) < 4.78 is 0. The largest absolute Gasteiger partial charge is 0.342 e. The van der Waals surface area contributed by atoms with Crippen LogP contribution in [0.4, 0.5) is 0 Å². The first-order valence-corrected chi connectivity index (χ1v) is 9.68. The fourth-order valence-electron chi connectivity index (χ4n) is 2.85. The summed E-state index contributed by atoms with van der Waals surface area (Å²) in [5.74, 6) is -2.03.